The Morgan fingerprint density at radius 3 is 2.50 bits per heavy atom. The van der Waals surface area contributed by atoms with Crippen LogP contribution in [-0.2, 0) is 13.9 Å². The number of hydrogen-bond donors (Lipinski definition) is 1. The highest BCUT2D eigenvalue weighted by Gasteiger charge is 2.16. The predicted octanol–water partition coefficient (Wildman–Crippen LogP) is 2.70. The molecule has 0 aliphatic heterocycles. The van der Waals surface area contributed by atoms with Gasteiger partial charge in [0.2, 0.25) is 0 Å². The summed E-state index contributed by atoms with van der Waals surface area (Å²) >= 11 is 10.1. The Kier molecular flexibility index (Phi) is 5.18. The van der Waals surface area contributed by atoms with Crippen LogP contribution in [0.1, 0.15) is 13.3 Å². The molecular weight excluding hydrogens is 226 g/mol. The SMILES string of the molecule is C[C@H](CCOP(=O)(Cl)Cl)C(=O)O. The van der Waals surface area contributed by atoms with E-state index in [1.165, 1.54) is 6.92 Å². The minimum atomic E-state index is -3.50. The molecule has 0 aliphatic rings. The molecule has 0 rings (SSSR count). The molecule has 1 atom stereocenters. The van der Waals surface area contributed by atoms with Crippen molar-refractivity contribution >= 4 is 34.5 Å². The largest absolute Gasteiger partial charge is 0.481 e. The number of carbonyl (C=O) groups is 1. The summed E-state index contributed by atoms with van der Waals surface area (Å²) in [6.07, 6.45) is -3.27. The summed E-state index contributed by atoms with van der Waals surface area (Å²) in [6, 6.07) is 0. The van der Waals surface area contributed by atoms with Crippen molar-refractivity contribution < 1.29 is 19.0 Å². The molecule has 4 nitrogen and oxygen atoms in total. The van der Waals surface area contributed by atoms with Crippen molar-refractivity contribution in [3.8, 4) is 0 Å². The molecule has 0 heterocycles. The first-order valence-corrected chi connectivity index (χ1v) is 6.63. The van der Waals surface area contributed by atoms with Gasteiger partial charge in [0.05, 0.1) is 12.5 Å². The molecule has 0 spiro atoms. The highest BCUT2D eigenvalue weighted by molar-refractivity contribution is 8.05. The standard InChI is InChI=1S/C5H9Cl2O4P/c1-4(5(8)9)2-3-11-12(6,7)10/h4H,2-3H2,1H3,(H,8,9)/t4-/m1/s1. The lowest BCUT2D eigenvalue weighted by Gasteiger charge is -2.06. The first kappa shape index (κ1) is 12.2. The molecule has 0 aromatic carbocycles. The zero-order chi connectivity index (χ0) is 9.78. The molecule has 0 saturated carbocycles. The van der Waals surface area contributed by atoms with Gasteiger partial charge in [0, 0.05) is 0 Å². The number of rotatable bonds is 5. The van der Waals surface area contributed by atoms with Crippen LogP contribution < -0.4 is 0 Å². The monoisotopic (exact) mass is 234 g/mol. The third-order valence-electron chi connectivity index (χ3n) is 1.21. The van der Waals surface area contributed by atoms with E-state index in [2.05, 4.69) is 4.52 Å². The van der Waals surface area contributed by atoms with E-state index in [0.717, 1.165) is 0 Å². The van der Waals surface area contributed by atoms with Crippen LogP contribution in [-0.4, -0.2) is 17.7 Å². The predicted molar refractivity (Wildman–Crippen MR) is 46.7 cm³/mol. The average Bonchev–Trinajstić information content (AvgIpc) is 1.84. The molecular formula is C5H9Cl2O4P. The molecule has 0 aromatic rings. The van der Waals surface area contributed by atoms with Gasteiger partial charge in [0.25, 0.3) is 0 Å². The van der Waals surface area contributed by atoms with Crippen molar-refractivity contribution in [1.29, 1.82) is 0 Å². The van der Waals surface area contributed by atoms with Crippen LogP contribution in [0.3, 0.4) is 0 Å². The van der Waals surface area contributed by atoms with Crippen molar-refractivity contribution in [2.45, 2.75) is 13.3 Å². The van der Waals surface area contributed by atoms with Crippen LogP contribution in [0.25, 0.3) is 0 Å². The molecule has 0 radical (unpaired) electrons. The van der Waals surface area contributed by atoms with Crippen LogP contribution in [0.15, 0.2) is 0 Å². The van der Waals surface area contributed by atoms with Crippen LogP contribution in [0.4, 0.5) is 0 Å². The van der Waals surface area contributed by atoms with Crippen molar-refractivity contribution in [2.75, 3.05) is 6.61 Å². The second-order valence-electron chi connectivity index (χ2n) is 2.28. The fourth-order valence-electron chi connectivity index (χ4n) is 0.459. The Bertz CT molecular complexity index is 202. The molecule has 7 heteroatoms. The van der Waals surface area contributed by atoms with E-state index in [4.69, 9.17) is 27.6 Å². The van der Waals surface area contributed by atoms with Gasteiger partial charge in [-0.2, -0.15) is 0 Å². The Morgan fingerprint density at radius 1 is 1.67 bits per heavy atom. The second-order valence-corrected chi connectivity index (χ2v) is 6.55. The second kappa shape index (κ2) is 5.07. The van der Waals surface area contributed by atoms with E-state index in [9.17, 15) is 9.36 Å². The van der Waals surface area contributed by atoms with Crippen LogP contribution in [0, 0.1) is 5.92 Å². The summed E-state index contributed by atoms with van der Waals surface area (Å²) in [7, 11) is 0. The molecule has 0 bridgehead atoms. The summed E-state index contributed by atoms with van der Waals surface area (Å²) in [5.41, 5.74) is 0. The quantitative estimate of drug-likeness (QED) is 0.744. The summed E-state index contributed by atoms with van der Waals surface area (Å²) in [6.45, 7) is 1.50. The molecule has 0 fully saturated rings. The van der Waals surface area contributed by atoms with Crippen molar-refractivity contribution in [3.05, 3.63) is 0 Å². The van der Waals surface area contributed by atoms with E-state index in [1.54, 1.807) is 0 Å². The van der Waals surface area contributed by atoms with E-state index in [0.29, 0.717) is 0 Å². The zero-order valence-electron chi connectivity index (χ0n) is 6.37. The summed E-state index contributed by atoms with van der Waals surface area (Å²) in [5.74, 6) is -1.48. The Labute approximate surface area is 79.8 Å². The first-order valence-electron chi connectivity index (χ1n) is 3.19. The first-order chi connectivity index (χ1) is 5.33. The molecule has 1 N–H and O–H groups in total. The average molecular weight is 235 g/mol. The van der Waals surface area contributed by atoms with E-state index in [-0.39, 0.29) is 13.0 Å². The Balaban J connectivity index is 3.58. The van der Waals surface area contributed by atoms with Gasteiger partial charge in [-0.25, -0.2) is 0 Å². The fourth-order valence-corrected chi connectivity index (χ4v) is 1.19. The van der Waals surface area contributed by atoms with Gasteiger partial charge in [-0.1, -0.05) is 6.92 Å². The zero-order valence-corrected chi connectivity index (χ0v) is 8.77. The smallest absolute Gasteiger partial charge is 0.380 e. The minimum absolute atomic E-state index is 0.0161. The van der Waals surface area contributed by atoms with Crippen LogP contribution in [0.5, 0.6) is 0 Å². The molecule has 0 aliphatic carbocycles. The number of carboxylic acid groups (broad SMARTS) is 1. The molecule has 0 unspecified atom stereocenters. The lowest BCUT2D eigenvalue weighted by Crippen LogP contribution is -2.11. The number of aliphatic carboxylic acids is 1. The summed E-state index contributed by atoms with van der Waals surface area (Å²) in [4.78, 5) is 10.3. The highest BCUT2D eigenvalue weighted by atomic mass is 35.9. The fraction of sp³-hybridized carbons (Fsp3) is 0.800. The maximum Gasteiger partial charge on any atom is 0.380 e. The molecule has 0 aromatic heterocycles. The lowest BCUT2D eigenvalue weighted by atomic mass is 10.1. The third-order valence-corrected chi connectivity index (χ3v) is 2.28. The number of halogens is 2. The van der Waals surface area contributed by atoms with E-state index < -0.39 is 18.0 Å². The van der Waals surface area contributed by atoms with Gasteiger partial charge in [0.15, 0.2) is 0 Å². The summed E-state index contributed by atoms with van der Waals surface area (Å²) in [5, 5.41) is 8.42. The molecule has 0 saturated heterocycles. The maximum atomic E-state index is 10.5. The summed E-state index contributed by atoms with van der Waals surface area (Å²) < 4.78 is 15.0. The Hall–Kier alpha value is 0.240. The van der Waals surface area contributed by atoms with Gasteiger partial charge in [-0.15, -0.1) is 0 Å². The minimum Gasteiger partial charge on any atom is -0.481 e. The van der Waals surface area contributed by atoms with Gasteiger partial charge < -0.3 is 9.63 Å². The van der Waals surface area contributed by atoms with Crippen molar-refractivity contribution in [3.63, 3.8) is 0 Å². The lowest BCUT2D eigenvalue weighted by molar-refractivity contribution is -0.141. The molecule has 72 valence electrons. The maximum absolute atomic E-state index is 10.5. The topological polar surface area (TPSA) is 63.6 Å². The Morgan fingerprint density at radius 2 is 2.17 bits per heavy atom. The number of hydrogen-bond acceptors (Lipinski definition) is 3. The molecule has 12 heavy (non-hydrogen) atoms. The van der Waals surface area contributed by atoms with E-state index in [1.807, 2.05) is 0 Å². The number of carboxylic acids is 1. The van der Waals surface area contributed by atoms with Gasteiger partial charge in [-0.3, -0.25) is 9.36 Å². The van der Waals surface area contributed by atoms with Gasteiger partial charge in [-0.05, 0) is 28.9 Å². The van der Waals surface area contributed by atoms with Gasteiger partial charge in [0.1, 0.15) is 0 Å². The molecule has 0 amide bonds. The van der Waals surface area contributed by atoms with Gasteiger partial charge >= 0.3 is 12.0 Å². The van der Waals surface area contributed by atoms with Crippen LogP contribution in [0.2, 0.25) is 0 Å². The van der Waals surface area contributed by atoms with E-state index >= 15 is 0 Å². The third kappa shape index (κ3) is 6.92. The van der Waals surface area contributed by atoms with Crippen molar-refractivity contribution in [2.24, 2.45) is 5.92 Å². The highest BCUT2D eigenvalue weighted by Crippen LogP contribution is 2.57. The normalized spacial score (nSPS) is 14.2. The van der Waals surface area contributed by atoms with Crippen molar-refractivity contribution in [1.82, 2.24) is 0 Å². The van der Waals surface area contributed by atoms with Crippen LogP contribution >= 0.6 is 28.6 Å².